The molecule has 9 heteroatoms. The summed E-state index contributed by atoms with van der Waals surface area (Å²) in [6.07, 6.45) is 6.30. The zero-order chi connectivity index (χ0) is 21.6. The van der Waals surface area contributed by atoms with Gasteiger partial charge in [-0.1, -0.05) is 0 Å². The van der Waals surface area contributed by atoms with Gasteiger partial charge in [-0.05, 0) is 37.7 Å². The SMILES string of the molecule is Nc1ncc(-c2cc(N3C[C@@H]4CC[C@H]3CO4)nc(N3CC4CC3C4)n2)cc1C1CC1(F)F. The van der Waals surface area contributed by atoms with Gasteiger partial charge >= 0.3 is 0 Å². The average molecular weight is 440 g/mol. The largest absolute Gasteiger partial charge is 0.383 e. The number of piperidine rings is 1. The van der Waals surface area contributed by atoms with Crippen LogP contribution in [0.25, 0.3) is 11.3 Å². The van der Waals surface area contributed by atoms with E-state index in [1.807, 2.05) is 6.07 Å². The molecule has 2 aromatic rings. The number of hydrogen-bond acceptors (Lipinski definition) is 7. The molecule has 7 aliphatic rings. The van der Waals surface area contributed by atoms with Gasteiger partial charge in [0.1, 0.15) is 11.6 Å². The lowest BCUT2D eigenvalue weighted by Crippen LogP contribution is -2.55. The third-order valence-corrected chi connectivity index (χ3v) is 7.99. The standard InChI is InChI=1S/C23H26F2N6O/c24-23(25)7-18(23)17-5-13(8-27-21(17)26)19-6-20(30-10-16-2-1-14(30)11-32-16)29-22(28-19)31-9-12-3-15(31)4-12/h5-6,8,12,14-16,18H,1-4,7,9-11H2,(H2,26,27)/t12?,14-,15?,16-,18?/m0/s1. The number of nitrogens with two attached hydrogens (primary N) is 1. The molecule has 5 aliphatic heterocycles. The molecule has 2 N–H and O–H groups in total. The predicted molar refractivity (Wildman–Crippen MR) is 116 cm³/mol. The van der Waals surface area contributed by atoms with Crippen molar-refractivity contribution in [3.05, 3.63) is 23.9 Å². The van der Waals surface area contributed by atoms with Crippen LogP contribution in [0.15, 0.2) is 18.3 Å². The van der Waals surface area contributed by atoms with E-state index in [1.165, 1.54) is 12.8 Å². The number of fused-ring (bicyclic) bond motifs is 4. The minimum Gasteiger partial charge on any atom is -0.383 e. The van der Waals surface area contributed by atoms with Crippen molar-refractivity contribution in [1.29, 1.82) is 0 Å². The molecule has 168 valence electrons. The summed E-state index contributed by atoms with van der Waals surface area (Å²) in [4.78, 5) is 18.8. The second-order valence-corrected chi connectivity index (χ2v) is 10.1. The van der Waals surface area contributed by atoms with Gasteiger partial charge in [0.15, 0.2) is 0 Å². The number of morpholine rings is 1. The summed E-state index contributed by atoms with van der Waals surface area (Å²) < 4.78 is 33.4. The number of nitrogen functional groups attached to an aromatic ring is 1. The zero-order valence-electron chi connectivity index (χ0n) is 17.8. The molecule has 2 aromatic heterocycles. The summed E-state index contributed by atoms with van der Waals surface area (Å²) in [6.45, 7) is 2.53. The van der Waals surface area contributed by atoms with E-state index in [0.29, 0.717) is 28.9 Å². The van der Waals surface area contributed by atoms with Gasteiger partial charge in [0.25, 0.3) is 5.92 Å². The average Bonchev–Trinajstić information content (AvgIpc) is 3.12. The Kier molecular flexibility index (Phi) is 3.85. The summed E-state index contributed by atoms with van der Waals surface area (Å²) in [6, 6.07) is 4.55. The highest BCUT2D eigenvalue weighted by Gasteiger charge is 2.58. The predicted octanol–water partition coefficient (Wildman–Crippen LogP) is 3.21. The highest BCUT2D eigenvalue weighted by Crippen LogP contribution is 2.57. The molecule has 0 radical (unpaired) electrons. The molecule has 32 heavy (non-hydrogen) atoms. The van der Waals surface area contributed by atoms with Crippen LogP contribution in [-0.2, 0) is 4.74 Å². The lowest BCUT2D eigenvalue weighted by molar-refractivity contribution is -0.0228. The van der Waals surface area contributed by atoms with Gasteiger partial charge in [0.05, 0.1) is 30.4 Å². The topological polar surface area (TPSA) is 80.4 Å². The van der Waals surface area contributed by atoms with Crippen molar-refractivity contribution in [3.8, 4) is 11.3 Å². The maximum Gasteiger partial charge on any atom is 0.256 e. The Labute approximate surface area is 185 Å². The number of anilines is 3. The first-order valence-corrected chi connectivity index (χ1v) is 11.6. The number of halogens is 2. The molecule has 0 aromatic carbocycles. The maximum atomic E-state index is 13.8. The Morgan fingerprint density at radius 3 is 2.53 bits per heavy atom. The van der Waals surface area contributed by atoms with Crippen molar-refractivity contribution >= 4 is 17.6 Å². The minimum absolute atomic E-state index is 0.170. The molecule has 1 unspecified atom stereocenters. The normalized spacial score (nSPS) is 34.0. The number of hydrogen-bond donors (Lipinski definition) is 1. The van der Waals surface area contributed by atoms with Crippen LogP contribution >= 0.6 is 0 Å². The first-order chi connectivity index (χ1) is 15.4. The van der Waals surface area contributed by atoms with Gasteiger partial charge in [-0.15, -0.1) is 0 Å². The lowest BCUT2D eigenvalue weighted by atomic mass is 9.86. The van der Waals surface area contributed by atoms with Gasteiger partial charge < -0.3 is 20.3 Å². The summed E-state index contributed by atoms with van der Waals surface area (Å²) >= 11 is 0. The molecule has 4 bridgehead atoms. The molecule has 5 saturated heterocycles. The van der Waals surface area contributed by atoms with E-state index < -0.39 is 11.8 Å². The molecule has 7 fully saturated rings. The first-order valence-electron chi connectivity index (χ1n) is 11.6. The van der Waals surface area contributed by atoms with E-state index in [4.69, 9.17) is 20.4 Å². The van der Waals surface area contributed by atoms with Crippen LogP contribution in [0.5, 0.6) is 0 Å². The van der Waals surface area contributed by atoms with E-state index in [0.717, 1.165) is 50.2 Å². The number of alkyl halides is 2. The van der Waals surface area contributed by atoms with E-state index in [-0.39, 0.29) is 18.3 Å². The van der Waals surface area contributed by atoms with Crippen LogP contribution in [-0.4, -0.2) is 58.8 Å². The van der Waals surface area contributed by atoms with Crippen molar-refractivity contribution in [1.82, 2.24) is 15.0 Å². The fourth-order valence-corrected chi connectivity index (χ4v) is 5.91. The highest BCUT2D eigenvalue weighted by molar-refractivity contribution is 5.68. The maximum absolute atomic E-state index is 13.8. The molecular formula is C23H26F2N6O. The molecule has 2 aliphatic carbocycles. The summed E-state index contributed by atoms with van der Waals surface area (Å²) in [5, 5.41) is 0. The van der Waals surface area contributed by atoms with E-state index in [2.05, 4.69) is 14.8 Å². The molecular weight excluding hydrogens is 414 g/mol. The van der Waals surface area contributed by atoms with Gasteiger partial charge in [0.2, 0.25) is 5.95 Å². The quantitative estimate of drug-likeness (QED) is 0.782. The molecule has 3 atom stereocenters. The van der Waals surface area contributed by atoms with E-state index >= 15 is 0 Å². The zero-order valence-corrected chi connectivity index (χ0v) is 17.8. The van der Waals surface area contributed by atoms with Gasteiger partial charge in [-0.3, -0.25) is 0 Å². The molecule has 7 nitrogen and oxygen atoms in total. The number of ether oxygens (including phenoxy) is 1. The third kappa shape index (κ3) is 2.89. The van der Waals surface area contributed by atoms with Crippen LogP contribution in [0.2, 0.25) is 0 Å². The molecule has 0 amide bonds. The third-order valence-electron chi connectivity index (χ3n) is 7.99. The minimum atomic E-state index is -2.69. The first kappa shape index (κ1) is 19.0. The lowest BCUT2D eigenvalue weighted by Gasteiger charge is -2.45. The highest BCUT2D eigenvalue weighted by atomic mass is 19.3. The van der Waals surface area contributed by atoms with E-state index in [9.17, 15) is 8.78 Å². The summed E-state index contributed by atoms with van der Waals surface area (Å²) in [5.74, 6) is -1.01. The van der Waals surface area contributed by atoms with Gasteiger partial charge in [-0.25, -0.2) is 18.7 Å². The number of rotatable bonds is 4. The molecule has 9 rings (SSSR count). The Hall–Kier alpha value is -2.55. The van der Waals surface area contributed by atoms with Crippen LogP contribution in [0.4, 0.5) is 26.4 Å². The smallest absolute Gasteiger partial charge is 0.256 e. The Bertz CT molecular complexity index is 1080. The number of nitrogens with zero attached hydrogens (tertiary/aromatic N) is 5. The van der Waals surface area contributed by atoms with Crippen molar-refractivity contribution in [3.63, 3.8) is 0 Å². The fourth-order valence-electron chi connectivity index (χ4n) is 5.91. The second kappa shape index (κ2) is 6.50. The van der Waals surface area contributed by atoms with Crippen molar-refractivity contribution in [2.75, 3.05) is 35.2 Å². The van der Waals surface area contributed by atoms with Crippen molar-refractivity contribution in [2.45, 2.75) is 62.1 Å². The van der Waals surface area contributed by atoms with Crippen LogP contribution in [0.1, 0.15) is 43.6 Å². The van der Waals surface area contributed by atoms with Crippen molar-refractivity contribution in [2.24, 2.45) is 5.92 Å². The molecule has 0 spiro atoms. The molecule has 7 heterocycles. The summed E-state index contributed by atoms with van der Waals surface area (Å²) in [7, 11) is 0. The molecule has 2 saturated carbocycles. The van der Waals surface area contributed by atoms with E-state index in [1.54, 1.807) is 12.3 Å². The Morgan fingerprint density at radius 2 is 1.91 bits per heavy atom. The number of aromatic nitrogens is 3. The summed E-state index contributed by atoms with van der Waals surface area (Å²) in [5.41, 5.74) is 7.81. The Morgan fingerprint density at radius 1 is 1.06 bits per heavy atom. The van der Waals surface area contributed by atoms with Crippen LogP contribution < -0.4 is 15.5 Å². The second-order valence-electron chi connectivity index (χ2n) is 10.1. The Balaban J connectivity index is 1.31. The number of pyridine rings is 1. The van der Waals surface area contributed by atoms with Gasteiger partial charge in [0, 0.05) is 48.9 Å². The fraction of sp³-hybridized carbons (Fsp3) is 0.609. The van der Waals surface area contributed by atoms with Crippen molar-refractivity contribution < 1.29 is 13.5 Å². The van der Waals surface area contributed by atoms with Gasteiger partial charge in [-0.2, -0.15) is 4.98 Å². The van der Waals surface area contributed by atoms with Crippen LogP contribution in [0, 0.1) is 5.92 Å². The van der Waals surface area contributed by atoms with Crippen LogP contribution in [0.3, 0.4) is 0 Å². The monoisotopic (exact) mass is 440 g/mol.